The molecular formula is C29H43N5O5. The third-order valence-electron chi connectivity index (χ3n) is 9.98. The van der Waals surface area contributed by atoms with Gasteiger partial charge in [-0.1, -0.05) is 34.6 Å². The number of piperidine rings is 1. The second kappa shape index (κ2) is 10.1. The number of amides is 4. The topological polar surface area (TPSA) is 141 Å². The predicted octanol–water partition coefficient (Wildman–Crippen LogP) is 1.49. The van der Waals surface area contributed by atoms with E-state index in [2.05, 4.69) is 35.9 Å². The van der Waals surface area contributed by atoms with Gasteiger partial charge >= 0.3 is 0 Å². The van der Waals surface area contributed by atoms with Crippen LogP contribution in [0.4, 0.5) is 0 Å². The molecule has 2 bridgehead atoms. The van der Waals surface area contributed by atoms with E-state index in [9.17, 15) is 24.4 Å². The van der Waals surface area contributed by atoms with Gasteiger partial charge in [0, 0.05) is 24.9 Å². The molecule has 1 saturated carbocycles. The van der Waals surface area contributed by atoms with Crippen molar-refractivity contribution < 1.29 is 23.9 Å². The van der Waals surface area contributed by atoms with Crippen LogP contribution in [0, 0.1) is 45.8 Å². The minimum absolute atomic E-state index is 0.0157. The SMILES string of the molecule is CC(C)(C)[C@H](NC(=O)C1CC2CCC(C1)O2)C(=O)N1CC2[C@@H]([C@H]1C(=O)N[C@H](C#N)C[C@@H]1CCNC1=O)C2(C)C. The van der Waals surface area contributed by atoms with Gasteiger partial charge in [0.1, 0.15) is 18.1 Å². The van der Waals surface area contributed by atoms with E-state index in [1.807, 2.05) is 20.8 Å². The summed E-state index contributed by atoms with van der Waals surface area (Å²) in [6.07, 6.45) is 4.44. The summed E-state index contributed by atoms with van der Waals surface area (Å²) in [4.78, 5) is 54.8. The lowest BCUT2D eigenvalue weighted by molar-refractivity contribution is -0.147. The van der Waals surface area contributed by atoms with Gasteiger partial charge in [0.25, 0.3) is 0 Å². The van der Waals surface area contributed by atoms with Crippen LogP contribution in [-0.2, 0) is 23.9 Å². The van der Waals surface area contributed by atoms with Crippen molar-refractivity contribution in [3.05, 3.63) is 0 Å². The minimum Gasteiger partial charge on any atom is -0.375 e. The molecule has 1 aliphatic carbocycles. The number of nitrogens with one attached hydrogen (secondary N) is 3. The lowest BCUT2D eigenvalue weighted by atomic mass is 9.84. The second-order valence-corrected chi connectivity index (χ2v) is 14.0. The molecule has 0 spiro atoms. The fourth-order valence-electron chi connectivity index (χ4n) is 7.52. The maximum atomic E-state index is 14.1. The van der Waals surface area contributed by atoms with Gasteiger partial charge in [0.05, 0.1) is 18.3 Å². The second-order valence-electron chi connectivity index (χ2n) is 14.0. The van der Waals surface area contributed by atoms with Crippen molar-refractivity contribution in [2.24, 2.45) is 34.5 Å². The van der Waals surface area contributed by atoms with Crippen molar-refractivity contribution in [3.63, 3.8) is 0 Å². The highest BCUT2D eigenvalue weighted by Crippen LogP contribution is 2.65. The Labute approximate surface area is 230 Å². The fraction of sp³-hybridized carbons (Fsp3) is 0.828. The van der Waals surface area contributed by atoms with Crippen LogP contribution < -0.4 is 16.0 Å². The molecule has 5 aliphatic rings. The van der Waals surface area contributed by atoms with Crippen LogP contribution in [0.25, 0.3) is 0 Å². The van der Waals surface area contributed by atoms with Crippen molar-refractivity contribution in [3.8, 4) is 6.07 Å². The van der Waals surface area contributed by atoms with Crippen molar-refractivity contribution >= 4 is 23.6 Å². The largest absolute Gasteiger partial charge is 0.375 e. The number of carbonyl (C=O) groups is 4. The molecule has 4 aliphatic heterocycles. The third kappa shape index (κ3) is 5.27. The molecule has 39 heavy (non-hydrogen) atoms. The molecule has 5 rings (SSSR count). The zero-order valence-electron chi connectivity index (χ0n) is 23.8. The van der Waals surface area contributed by atoms with E-state index in [1.54, 1.807) is 4.90 Å². The number of carbonyl (C=O) groups excluding carboxylic acids is 4. The van der Waals surface area contributed by atoms with E-state index in [0.717, 1.165) is 12.8 Å². The highest BCUT2D eigenvalue weighted by molar-refractivity contribution is 5.94. The molecular weight excluding hydrogens is 498 g/mol. The van der Waals surface area contributed by atoms with E-state index in [-0.39, 0.29) is 71.3 Å². The molecule has 10 heteroatoms. The molecule has 0 radical (unpaired) electrons. The number of hydrogen-bond acceptors (Lipinski definition) is 6. The summed E-state index contributed by atoms with van der Waals surface area (Å²) >= 11 is 0. The molecule has 0 aromatic rings. The first-order chi connectivity index (χ1) is 18.3. The number of hydrogen-bond donors (Lipinski definition) is 3. The van der Waals surface area contributed by atoms with E-state index in [0.29, 0.717) is 32.4 Å². The normalized spacial score (nSPS) is 35.8. The highest BCUT2D eigenvalue weighted by Gasteiger charge is 2.69. The Morgan fingerprint density at radius 1 is 1.13 bits per heavy atom. The lowest BCUT2D eigenvalue weighted by Gasteiger charge is -2.38. The van der Waals surface area contributed by atoms with Gasteiger partial charge in [-0.05, 0) is 61.2 Å². The molecule has 3 unspecified atom stereocenters. The Hall–Kier alpha value is -2.67. The molecule has 10 nitrogen and oxygen atoms in total. The van der Waals surface area contributed by atoms with Crippen LogP contribution in [0.1, 0.15) is 73.1 Å². The van der Waals surface area contributed by atoms with Gasteiger partial charge in [-0.25, -0.2) is 0 Å². The summed E-state index contributed by atoms with van der Waals surface area (Å²) in [5.74, 6) is -1.13. The Bertz CT molecular complexity index is 1060. The van der Waals surface area contributed by atoms with Crippen LogP contribution >= 0.6 is 0 Å². The number of nitrogens with zero attached hydrogens (tertiary/aromatic N) is 2. The molecule has 3 N–H and O–H groups in total. The smallest absolute Gasteiger partial charge is 0.246 e. The first-order valence-electron chi connectivity index (χ1n) is 14.5. The highest BCUT2D eigenvalue weighted by atomic mass is 16.5. The van der Waals surface area contributed by atoms with Crippen molar-refractivity contribution in [1.29, 1.82) is 5.26 Å². The third-order valence-corrected chi connectivity index (χ3v) is 9.98. The number of likely N-dealkylation sites (tertiary alicyclic amines) is 1. The Balaban J connectivity index is 1.30. The molecule has 8 atom stereocenters. The van der Waals surface area contributed by atoms with Gasteiger partial charge in [0.15, 0.2) is 0 Å². The zero-order chi connectivity index (χ0) is 28.3. The van der Waals surface area contributed by atoms with E-state index in [1.165, 1.54) is 0 Å². The van der Waals surface area contributed by atoms with Crippen molar-refractivity contribution in [2.75, 3.05) is 13.1 Å². The summed E-state index contributed by atoms with van der Waals surface area (Å²) in [5.41, 5.74) is -0.653. The van der Waals surface area contributed by atoms with Crippen LogP contribution in [0.15, 0.2) is 0 Å². The van der Waals surface area contributed by atoms with Gasteiger partial charge in [-0.2, -0.15) is 5.26 Å². The van der Waals surface area contributed by atoms with E-state index in [4.69, 9.17) is 4.74 Å². The van der Waals surface area contributed by atoms with Gasteiger partial charge < -0.3 is 25.6 Å². The summed E-state index contributed by atoms with van der Waals surface area (Å²) < 4.78 is 5.90. The first-order valence-corrected chi connectivity index (χ1v) is 14.5. The van der Waals surface area contributed by atoms with Crippen molar-refractivity contribution in [2.45, 2.75) is 103 Å². The van der Waals surface area contributed by atoms with E-state index >= 15 is 0 Å². The molecule has 0 aromatic heterocycles. The molecule has 214 valence electrons. The molecule has 4 heterocycles. The van der Waals surface area contributed by atoms with E-state index < -0.39 is 23.5 Å². The Kier molecular flexibility index (Phi) is 7.19. The van der Waals surface area contributed by atoms with Crippen LogP contribution in [0.2, 0.25) is 0 Å². The lowest BCUT2D eigenvalue weighted by Crippen LogP contribution is -2.60. The number of rotatable bonds is 7. The predicted molar refractivity (Wildman–Crippen MR) is 142 cm³/mol. The molecule has 0 aromatic carbocycles. The summed E-state index contributed by atoms with van der Waals surface area (Å²) in [6, 6.07) is -0.176. The standard InChI is InChI=1S/C29H43N5O5/c1-28(2,3)23(33-25(36)16-11-18-6-7-19(12-16)39-18)27(38)34-14-20-21(29(20,4)5)22(34)26(37)32-17(13-30)10-15-8-9-31-24(15)35/h15-23H,6-12,14H2,1-5H3,(H,31,35)(H,32,37)(H,33,36)/t15-,16?,17-,18?,19?,20?,21-,22-,23+/m0/s1. The van der Waals surface area contributed by atoms with Crippen LogP contribution in [0.5, 0.6) is 0 Å². The first kappa shape index (κ1) is 27.9. The maximum Gasteiger partial charge on any atom is 0.246 e. The van der Waals surface area contributed by atoms with Crippen molar-refractivity contribution in [1.82, 2.24) is 20.9 Å². The van der Waals surface area contributed by atoms with Crippen LogP contribution in [-0.4, -0.2) is 72.0 Å². The Morgan fingerprint density at radius 2 is 1.79 bits per heavy atom. The van der Waals surface area contributed by atoms with Gasteiger partial charge in [-0.3, -0.25) is 19.2 Å². The maximum absolute atomic E-state index is 14.1. The molecule has 4 saturated heterocycles. The summed E-state index contributed by atoms with van der Waals surface area (Å²) in [7, 11) is 0. The average Bonchev–Trinajstić information content (AvgIpc) is 3.33. The fourth-order valence-corrected chi connectivity index (χ4v) is 7.52. The van der Waals surface area contributed by atoms with Crippen LogP contribution in [0.3, 0.4) is 0 Å². The average molecular weight is 542 g/mol. The molecule has 4 amide bonds. The number of fused-ring (bicyclic) bond motifs is 3. The number of ether oxygens (including phenoxy) is 1. The number of nitriles is 1. The monoisotopic (exact) mass is 541 g/mol. The zero-order valence-corrected chi connectivity index (χ0v) is 23.8. The minimum atomic E-state index is -0.814. The summed E-state index contributed by atoms with van der Waals surface area (Å²) in [5, 5.41) is 18.4. The summed E-state index contributed by atoms with van der Waals surface area (Å²) in [6.45, 7) is 11.0. The van der Waals surface area contributed by atoms with Gasteiger partial charge in [-0.15, -0.1) is 0 Å². The molecule has 5 fully saturated rings. The quantitative estimate of drug-likeness (QED) is 0.446. The van der Waals surface area contributed by atoms with Gasteiger partial charge in [0.2, 0.25) is 23.6 Å². The Morgan fingerprint density at radius 3 is 2.36 bits per heavy atom.